The molecule has 0 fully saturated rings. The molecule has 0 aliphatic carbocycles. The van der Waals surface area contributed by atoms with E-state index < -0.39 is 5.97 Å². The number of nitrogens with zero attached hydrogens (tertiary/aromatic N) is 1. The fourth-order valence-corrected chi connectivity index (χ4v) is 2.52. The van der Waals surface area contributed by atoms with Gasteiger partial charge in [-0.1, -0.05) is 12.1 Å². The third-order valence-corrected chi connectivity index (χ3v) is 3.57. The summed E-state index contributed by atoms with van der Waals surface area (Å²) in [6.45, 7) is 0.507. The number of phenols is 1. The minimum absolute atomic E-state index is 0.0274. The summed E-state index contributed by atoms with van der Waals surface area (Å²) in [4.78, 5) is 25.1. The summed E-state index contributed by atoms with van der Waals surface area (Å²) in [5.74, 6) is -1.23. The van der Waals surface area contributed by atoms with Crippen molar-refractivity contribution >= 4 is 17.6 Å². The molecule has 106 valence electrons. The van der Waals surface area contributed by atoms with Crippen LogP contribution in [-0.2, 0) is 6.42 Å². The number of anilines is 1. The summed E-state index contributed by atoms with van der Waals surface area (Å²) >= 11 is 0. The Labute approximate surface area is 121 Å². The molecule has 2 aromatic carbocycles. The average molecular weight is 283 g/mol. The van der Waals surface area contributed by atoms with Crippen LogP contribution in [0.1, 0.15) is 26.3 Å². The molecule has 1 heterocycles. The molecule has 0 bridgehead atoms. The second kappa shape index (κ2) is 4.94. The van der Waals surface area contributed by atoms with Gasteiger partial charge in [0.2, 0.25) is 0 Å². The van der Waals surface area contributed by atoms with E-state index in [1.54, 1.807) is 29.2 Å². The first kappa shape index (κ1) is 13.2. The highest BCUT2D eigenvalue weighted by Crippen LogP contribution is 2.30. The fraction of sp³-hybridized carbons (Fsp3) is 0.125. The van der Waals surface area contributed by atoms with Gasteiger partial charge < -0.3 is 15.1 Å². The van der Waals surface area contributed by atoms with E-state index in [0.29, 0.717) is 24.2 Å². The minimum Gasteiger partial charge on any atom is -0.508 e. The lowest BCUT2D eigenvalue weighted by atomic mass is 10.1. The second-order valence-electron chi connectivity index (χ2n) is 4.91. The smallest absolute Gasteiger partial charge is 0.335 e. The second-order valence-corrected chi connectivity index (χ2v) is 4.91. The van der Waals surface area contributed by atoms with E-state index in [1.165, 1.54) is 18.2 Å². The Morgan fingerprint density at radius 3 is 2.57 bits per heavy atom. The summed E-state index contributed by atoms with van der Waals surface area (Å²) in [6, 6.07) is 10.9. The minimum atomic E-state index is -1.02. The summed E-state index contributed by atoms with van der Waals surface area (Å²) in [5.41, 5.74) is 2.12. The molecule has 5 nitrogen and oxygen atoms in total. The number of aromatic hydroxyl groups is 1. The molecule has 21 heavy (non-hydrogen) atoms. The quantitative estimate of drug-likeness (QED) is 0.886. The SMILES string of the molecule is O=C(O)c1ccc2c(c1)N(C(=O)c1cccc(O)c1)CC2. The molecule has 2 N–H and O–H groups in total. The van der Waals surface area contributed by atoms with Crippen molar-refractivity contribution in [2.24, 2.45) is 0 Å². The lowest BCUT2D eigenvalue weighted by Crippen LogP contribution is -2.28. The van der Waals surface area contributed by atoms with Gasteiger partial charge in [-0.2, -0.15) is 0 Å². The zero-order chi connectivity index (χ0) is 15.0. The fourth-order valence-electron chi connectivity index (χ4n) is 2.52. The third kappa shape index (κ3) is 2.33. The Bertz CT molecular complexity index is 739. The van der Waals surface area contributed by atoms with E-state index in [9.17, 15) is 14.7 Å². The van der Waals surface area contributed by atoms with Gasteiger partial charge in [-0.15, -0.1) is 0 Å². The molecule has 0 unspecified atom stereocenters. The Morgan fingerprint density at radius 2 is 1.86 bits per heavy atom. The van der Waals surface area contributed by atoms with E-state index >= 15 is 0 Å². The Hall–Kier alpha value is -2.82. The van der Waals surface area contributed by atoms with Gasteiger partial charge >= 0.3 is 5.97 Å². The van der Waals surface area contributed by atoms with Gasteiger partial charge in [0.05, 0.1) is 5.56 Å². The van der Waals surface area contributed by atoms with Gasteiger partial charge in [0.25, 0.3) is 5.91 Å². The predicted molar refractivity (Wildman–Crippen MR) is 76.9 cm³/mol. The van der Waals surface area contributed by atoms with E-state index in [1.807, 2.05) is 0 Å². The van der Waals surface area contributed by atoms with Gasteiger partial charge in [-0.25, -0.2) is 4.79 Å². The van der Waals surface area contributed by atoms with Crippen molar-refractivity contribution in [2.75, 3.05) is 11.4 Å². The summed E-state index contributed by atoms with van der Waals surface area (Å²) in [6.07, 6.45) is 0.694. The highest BCUT2D eigenvalue weighted by Gasteiger charge is 2.26. The standard InChI is InChI=1S/C16H13NO4/c18-13-3-1-2-11(8-13)15(19)17-7-6-10-4-5-12(16(20)21)9-14(10)17/h1-5,8-9,18H,6-7H2,(H,20,21). The topological polar surface area (TPSA) is 77.8 Å². The third-order valence-electron chi connectivity index (χ3n) is 3.57. The van der Waals surface area contributed by atoms with E-state index in [4.69, 9.17) is 5.11 Å². The number of carboxylic acid groups (broad SMARTS) is 1. The number of hydrogen-bond donors (Lipinski definition) is 2. The van der Waals surface area contributed by atoms with E-state index in [2.05, 4.69) is 0 Å². The van der Waals surface area contributed by atoms with Crippen molar-refractivity contribution in [1.82, 2.24) is 0 Å². The van der Waals surface area contributed by atoms with Crippen LogP contribution in [0.15, 0.2) is 42.5 Å². The number of phenolic OH excluding ortho intramolecular Hbond substituents is 1. The van der Waals surface area contributed by atoms with Crippen molar-refractivity contribution in [1.29, 1.82) is 0 Å². The van der Waals surface area contributed by atoms with Gasteiger partial charge in [-0.05, 0) is 42.3 Å². The molecule has 1 amide bonds. The Balaban J connectivity index is 1.98. The van der Waals surface area contributed by atoms with Crippen LogP contribution < -0.4 is 4.90 Å². The molecule has 3 rings (SSSR count). The van der Waals surface area contributed by atoms with Crippen LogP contribution in [0.3, 0.4) is 0 Å². The maximum Gasteiger partial charge on any atom is 0.335 e. The van der Waals surface area contributed by atoms with Crippen LogP contribution in [0.2, 0.25) is 0 Å². The molecular formula is C16H13NO4. The van der Waals surface area contributed by atoms with Crippen LogP contribution >= 0.6 is 0 Å². The van der Waals surface area contributed by atoms with E-state index in [0.717, 1.165) is 5.56 Å². The van der Waals surface area contributed by atoms with Gasteiger partial charge in [0.1, 0.15) is 5.75 Å². The largest absolute Gasteiger partial charge is 0.508 e. The van der Waals surface area contributed by atoms with Crippen LogP contribution in [0.5, 0.6) is 5.75 Å². The van der Waals surface area contributed by atoms with Crippen molar-refractivity contribution in [2.45, 2.75) is 6.42 Å². The predicted octanol–water partition coefficient (Wildman–Crippen LogP) is 2.29. The number of fused-ring (bicyclic) bond motifs is 1. The number of hydrogen-bond acceptors (Lipinski definition) is 3. The molecular weight excluding hydrogens is 270 g/mol. The molecule has 1 aliphatic heterocycles. The lowest BCUT2D eigenvalue weighted by molar-refractivity contribution is 0.0696. The van der Waals surface area contributed by atoms with Crippen molar-refractivity contribution in [3.8, 4) is 5.75 Å². The van der Waals surface area contributed by atoms with Gasteiger partial charge in [-0.3, -0.25) is 4.79 Å². The van der Waals surface area contributed by atoms with Crippen LogP contribution in [0, 0.1) is 0 Å². The summed E-state index contributed by atoms with van der Waals surface area (Å²) < 4.78 is 0. The molecule has 0 aromatic heterocycles. The van der Waals surface area contributed by atoms with Crippen molar-refractivity contribution < 1.29 is 19.8 Å². The first-order chi connectivity index (χ1) is 10.1. The molecule has 0 saturated carbocycles. The van der Waals surface area contributed by atoms with Crippen molar-refractivity contribution in [3.63, 3.8) is 0 Å². The maximum atomic E-state index is 12.5. The number of carboxylic acids is 1. The van der Waals surface area contributed by atoms with Crippen LogP contribution in [-0.4, -0.2) is 28.6 Å². The lowest BCUT2D eigenvalue weighted by Gasteiger charge is -2.17. The van der Waals surface area contributed by atoms with Crippen LogP contribution in [0.4, 0.5) is 5.69 Å². The molecule has 5 heteroatoms. The maximum absolute atomic E-state index is 12.5. The molecule has 0 atom stereocenters. The average Bonchev–Trinajstić information content (AvgIpc) is 2.89. The molecule has 0 radical (unpaired) electrons. The number of carbonyl (C=O) groups is 2. The van der Waals surface area contributed by atoms with Gasteiger partial charge in [0.15, 0.2) is 0 Å². The van der Waals surface area contributed by atoms with Crippen molar-refractivity contribution in [3.05, 3.63) is 59.2 Å². The molecule has 0 spiro atoms. The number of aromatic carboxylic acids is 1. The molecule has 2 aromatic rings. The Kier molecular flexibility index (Phi) is 3.10. The highest BCUT2D eigenvalue weighted by atomic mass is 16.4. The number of rotatable bonds is 2. The monoisotopic (exact) mass is 283 g/mol. The number of carbonyl (C=O) groups excluding carboxylic acids is 1. The zero-order valence-corrected chi connectivity index (χ0v) is 11.1. The molecule has 1 aliphatic rings. The summed E-state index contributed by atoms with van der Waals surface area (Å²) in [5, 5.41) is 18.5. The number of benzene rings is 2. The molecule has 0 saturated heterocycles. The first-order valence-corrected chi connectivity index (χ1v) is 6.53. The normalized spacial score (nSPS) is 13.0. The van der Waals surface area contributed by atoms with Crippen LogP contribution in [0.25, 0.3) is 0 Å². The Morgan fingerprint density at radius 1 is 1.05 bits per heavy atom. The van der Waals surface area contributed by atoms with E-state index in [-0.39, 0.29) is 17.2 Å². The first-order valence-electron chi connectivity index (χ1n) is 6.53. The highest BCUT2D eigenvalue weighted by molar-refractivity contribution is 6.08. The summed E-state index contributed by atoms with van der Waals surface area (Å²) in [7, 11) is 0. The van der Waals surface area contributed by atoms with Gasteiger partial charge in [0, 0.05) is 17.8 Å². The zero-order valence-electron chi connectivity index (χ0n) is 11.1. The number of amides is 1.